The Balaban J connectivity index is 2.39. The Kier molecular flexibility index (Phi) is 1.92. The zero-order valence-corrected chi connectivity index (χ0v) is 7.36. The van der Waals surface area contributed by atoms with Gasteiger partial charge < -0.3 is 5.73 Å². The van der Waals surface area contributed by atoms with Crippen molar-refractivity contribution in [2.75, 3.05) is 5.73 Å². The van der Waals surface area contributed by atoms with E-state index in [2.05, 4.69) is 15.0 Å². The predicted molar refractivity (Wildman–Crippen MR) is 54.7 cm³/mol. The van der Waals surface area contributed by atoms with Crippen LogP contribution in [0.3, 0.4) is 0 Å². The maximum Gasteiger partial charge on any atom is 0.187 e. The molecule has 0 unspecified atom stereocenters. The number of hydrogen-bond acceptors (Lipinski definition) is 2. The minimum absolute atomic E-state index is 0.467. The summed E-state index contributed by atoms with van der Waals surface area (Å²) in [5.41, 5.74) is 7.94. The molecule has 1 heterocycles. The lowest BCUT2D eigenvalue weighted by molar-refractivity contribution is 1.10. The molecule has 2 rings (SSSR count). The largest absolute Gasteiger partial charge is 0.382 e. The van der Waals surface area contributed by atoms with Gasteiger partial charge >= 0.3 is 0 Å². The lowest BCUT2D eigenvalue weighted by Crippen LogP contribution is -1.81. The summed E-state index contributed by atoms with van der Waals surface area (Å²) in [5.74, 6) is 0.467. The second kappa shape index (κ2) is 3.23. The molecule has 14 heavy (non-hydrogen) atoms. The van der Waals surface area contributed by atoms with Crippen molar-refractivity contribution in [2.24, 2.45) is 0 Å². The standard InChI is InChI=1S/C10H8N4/c1-12-8-4-2-7(3-5-8)9-6-10(11)14-13-9/h2-6H,(H3,11,13,14). The van der Waals surface area contributed by atoms with Crippen LogP contribution < -0.4 is 5.73 Å². The first-order valence-electron chi connectivity index (χ1n) is 4.08. The van der Waals surface area contributed by atoms with Crippen molar-refractivity contribution in [2.45, 2.75) is 0 Å². The van der Waals surface area contributed by atoms with Crippen LogP contribution >= 0.6 is 0 Å². The van der Waals surface area contributed by atoms with Crippen molar-refractivity contribution in [1.29, 1.82) is 0 Å². The average Bonchev–Trinajstić information content (AvgIpc) is 2.65. The molecule has 1 aromatic carbocycles. The molecule has 3 N–H and O–H groups in total. The van der Waals surface area contributed by atoms with Gasteiger partial charge in [-0.25, -0.2) is 4.85 Å². The lowest BCUT2D eigenvalue weighted by Gasteiger charge is -1.95. The molecule has 0 spiro atoms. The third-order valence-corrected chi connectivity index (χ3v) is 1.91. The molecular weight excluding hydrogens is 176 g/mol. The summed E-state index contributed by atoms with van der Waals surface area (Å²) in [6.45, 7) is 6.81. The molecule has 1 aromatic heterocycles. The van der Waals surface area contributed by atoms with Crippen LogP contribution in [0.1, 0.15) is 0 Å². The van der Waals surface area contributed by atoms with E-state index in [9.17, 15) is 0 Å². The Hall–Kier alpha value is -2.28. The average molecular weight is 184 g/mol. The maximum atomic E-state index is 6.81. The first kappa shape index (κ1) is 8.32. The van der Waals surface area contributed by atoms with Gasteiger partial charge in [0.1, 0.15) is 5.82 Å². The van der Waals surface area contributed by atoms with Crippen LogP contribution in [0, 0.1) is 6.57 Å². The second-order valence-corrected chi connectivity index (χ2v) is 2.87. The minimum Gasteiger partial charge on any atom is -0.382 e. The number of hydrogen-bond donors (Lipinski definition) is 2. The number of aromatic amines is 1. The van der Waals surface area contributed by atoms with Crippen LogP contribution in [0.25, 0.3) is 16.1 Å². The Labute approximate surface area is 81.2 Å². The van der Waals surface area contributed by atoms with E-state index in [1.807, 2.05) is 12.1 Å². The molecule has 0 aliphatic carbocycles. The highest BCUT2D eigenvalue weighted by Crippen LogP contribution is 2.21. The Bertz CT molecular complexity index is 476. The highest BCUT2D eigenvalue weighted by Gasteiger charge is 2.00. The van der Waals surface area contributed by atoms with E-state index < -0.39 is 0 Å². The number of nitrogen functional groups attached to an aromatic ring is 1. The summed E-state index contributed by atoms with van der Waals surface area (Å²) >= 11 is 0. The van der Waals surface area contributed by atoms with Crippen molar-refractivity contribution in [3.63, 3.8) is 0 Å². The summed E-state index contributed by atoms with van der Waals surface area (Å²) in [5, 5.41) is 6.63. The van der Waals surface area contributed by atoms with E-state index in [-0.39, 0.29) is 0 Å². The fraction of sp³-hybridized carbons (Fsp3) is 0. The van der Waals surface area contributed by atoms with Gasteiger partial charge in [0, 0.05) is 6.07 Å². The van der Waals surface area contributed by atoms with E-state index in [1.54, 1.807) is 18.2 Å². The normalized spacial score (nSPS) is 9.64. The van der Waals surface area contributed by atoms with E-state index in [0.29, 0.717) is 11.5 Å². The van der Waals surface area contributed by atoms with Crippen LogP contribution in [0.4, 0.5) is 11.5 Å². The molecule has 0 aliphatic rings. The lowest BCUT2D eigenvalue weighted by atomic mass is 10.1. The molecule has 0 amide bonds. The second-order valence-electron chi connectivity index (χ2n) is 2.87. The summed E-state index contributed by atoms with van der Waals surface area (Å²) in [4.78, 5) is 3.31. The summed E-state index contributed by atoms with van der Waals surface area (Å²) in [6, 6.07) is 9.01. The topological polar surface area (TPSA) is 59.1 Å². The van der Waals surface area contributed by atoms with Crippen molar-refractivity contribution in [1.82, 2.24) is 10.2 Å². The van der Waals surface area contributed by atoms with Gasteiger partial charge in [-0.15, -0.1) is 0 Å². The SMILES string of the molecule is [C-]#[N+]c1ccc(-c2cc(N)n[nH]2)cc1. The van der Waals surface area contributed by atoms with Gasteiger partial charge in [0.05, 0.1) is 12.3 Å². The number of rotatable bonds is 1. The van der Waals surface area contributed by atoms with Gasteiger partial charge in [-0.2, -0.15) is 5.10 Å². The van der Waals surface area contributed by atoms with Gasteiger partial charge in [0.25, 0.3) is 0 Å². The molecule has 0 aliphatic heterocycles. The van der Waals surface area contributed by atoms with E-state index in [4.69, 9.17) is 12.3 Å². The maximum absolute atomic E-state index is 6.81. The molecular formula is C10H8N4. The monoisotopic (exact) mass is 184 g/mol. The van der Waals surface area contributed by atoms with Crippen molar-refractivity contribution in [3.8, 4) is 11.3 Å². The number of H-pyrrole nitrogens is 1. The summed E-state index contributed by atoms with van der Waals surface area (Å²) < 4.78 is 0. The molecule has 0 saturated carbocycles. The molecule has 0 atom stereocenters. The molecule has 4 nitrogen and oxygen atoms in total. The number of aromatic nitrogens is 2. The smallest absolute Gasteiger partial charge is 0.187 e. The third-order valence-electron chi connectivity index (χ3n) is 1.91. The number of benzene rings is 1. The van der Waals surface area contributed by atoms with E-state index in [0.717, 1.165) is 11.3 Å². The van der Waals surface area contributed by atoms with Gasteiger partial charge in [0.2, 0.25) is 0 Å². The summed E-state index contributed by atoms with van der Waals surface area (Å²) in [7, 11) is 0. The fourth-order valence-corrected chi connectivity index (χ4v) is 1.20. The highest BCUT2D eigenvalue weighted by molar-refractivity contribution is 5.64. The van der Waals surface area contributed by atoms with Crippen molar-refractivity contribution < 1.29 is 0 Å². The molecule has 0 fully saturated rings. The predicted octanol–water partition coefficient (Wildman–Crippen LogP) is 2.21. The van der Waals surface area contributed by atoms with Crippen LogP contribution in [-0.4, -0.2) is 10.2 Å². The zero-order valence-electron chi connectivity index (χ0n) is 7.36. The Morgan fingerprint density at radius 1 is 1.29 bits per heavy atom. The molecule has 2 aromatic rings. The molecule has 68 valence electrons. The van der Waals surface area contributed by atoms with E-state index in [1.165, 1.54) is 0 Å². The van der Waals surface area contributed by atoms with Crippen LogP contribution in [0.5, 0.6) is 0 Å². The zero-order chi connectivity index (χ0) is 9.97. The minimum atomic E-state index is 0.467. The number of anilines is 1. The molecule has 4 heteroatoms. The first-order valence-corrected chi connectivity index (χ1v) is 4.08. The van der Waals surface area contributed by atoms with Crippen LogP contribution in [-0.2, 0) is 0 Å². The van der Waals surface area contributed by atoms with Crippen LogP contribution in [0.2, 0.25) is 0 Å². The van der Waals surface area contributed by atoms with Gasteiger partial charge in [-0.3, -0.25) is 5.10 Å². The number of nitrogens with one attached hydrogen (secondary N) is 1. The Morgan fingerprint density at radius 2 is 2.00 bits per heavy atom. The fourth-order valence-electron chi connectivity index (χ4n) is 1.20. The molecule has 0 radical (unpaired) electrons. The Morgan fingerprint density at radius 3 is 2.50 bits per heavy atom. The van der Waals surface area contributed by atoms with Crippen LogP contribution in [0.15, 0.2) is 30.3 Å². The van der Waals surface area contributed by atoms with Gasteiger partial charge in [-0.1, -0.05) is 24.3 Å². The molecule has 0 bridgehead atoms. The highest BCUT2D eigenvalue weighted by atomic mass is 15.2. The van der Waals surface area contributed by atoms with Crippen molar-refractivity contribution in [3.05, 3.63) is 41.7 Å². The first-order chi connectivity index (χ1) is 6.79. The number of nitrogens with zero attached hydrogens (tertiary/aromatic N) is 2. The van der Waals surface area contributed by atoms with Crippen molar-refractivity contribution >= 4 is 11.5 Å². The molecule has 0 saturated heterocycles. The van der Waals surface area contributed by atoms with Gasteiger partial charge in [0.15, 0.2) is 5.69 Å². The third kappa shape index (κ3) is 1.43. The quantitative estimate of drug-likeness (QED) is 0.667. The number of nitrogens with two attached hydrogens (primary N) is 1. The summed E-state index contributed by atoms with van der Waals surface area (Å²) in [6.07, 6.45) is 0. The van der Waals surface area contributed by atoms with Gasteiger partial charge in [-0.05, 0) is 5.56 Å². The van der Waals surface area contributed by atoms with E-state index >= 15 is 0 Å².